The highest BCUT2D eigenvalue weighted by molar-refractivity contribution is 5.97. The average molecular weight is 430 g/mol. The van der Waals surface area contributed by atoms with Gasteiger partial charge in [0.05, 0.1) is 17.4 Å². The summed E-state index contributed by atoms with van der Waals surface area (Å²) in [5, 5.41) is 13.3. The lowest BCUT2D eigenvalue weighted by atomic mass is 10.0. The van der Waals surface area contributed by atoms with Crippen LogP contribution in [0.2, 0.25) is 0 Å². The van der Waals surface area contributed by atoms with Crippen molar-refractivity contribution >= 4 is 16.7 Å². The lowest BCUT2D eigenvalue weighted by Gasteiger charge is -2.14. The highest BCUT2D eigenvalue weighted by Gasteiger charge is 2.23. The Hall–Kier alpha value is -4.18. The van der Waals surface area contributed by atoms with Crippen LogP contribution in [-0.4, -0.2) is 16.1 Å². The third kappa shape index (κ3) is 3.60. The molecule has 6 rings (SSSR count). The Kier molecular flexibility index (Phi) is 4.76. The van der Waals surface area contributed by atoms with Gasteiger partial charge in [0.15, 0.2) is 0 Å². The third-order valence-electron chi connectivity index (χ3n) is 6.54. The van der Waals surface area contributed by atoms with Gasteiger partial charge in [-0.1, -0.05) is 78.9 Å². The summed E-state index contributed by atoms with van der Waals surface area (Å²) in [4.78, 5) is 12.8. The molecule has 0 saturated heterocycles. The predicted octanol–water partition coefficient (Wildman–Crippen LogP) is 6.31. The first-order chi connectivity index (χ1) is 16.3. The van der Waals surface area contributed by atoms with E-state index in [1.165, 1.54) is 21.9 Å². The van der Waals surface area contributed by atoms with Crippen LogP contribution in [0.1, 0.15) is 33.9 Å². The summed E-state index contributed by atoms with van der Waals surface area (Å²) < 4.78 is 0. The van der Waals surface area contributed by atoms with Crippen molar-refractivity contribution in [2.45, 2.75) is 18.9 Å². The second kappa shape index (κ2) is 8.06. The minimum Gasteiger partial charge on any atom is -0.345 e. The van der Waals surface area contributed by atoms with Gasteiger partial charge < -0.3 is 5.32 Å². The van der Waals surface area contributed by atoms with Crippen LogP contribution in [0.15, 0.2) is 97.1 Å². The molecule has 0 radical (unpaired) electrons. The maximum absolute atomic E-state index is 12.8. The minimum atomic E-state index is -0.0401. The first-order valence-electron chi connectivity index (χ1n) is 11.3. The number of aromatic amines is 1. The van der Waals surface area contributed by atoms with Gasteiger partial charge >= 0.3 is 0 Å². The average Bonchev–Trinajstić information content (AvgIpc) is 3.52. The van der Waals surface area contributed by atoms with Gasteiger partial charge in [-0.05, 0) is 52.9 Å². The van der Waals surface area contributed by atoms with Gasteiger partial charge in [0.2, 0.25) is 0 Å². The van der Waals surface area contributed by atoms with E-state index in [0.29, 0.717) is 5.56 Å². The number of carbonyl (C=O) groups excluding carboxylic acids is 1. The van der Waals surface area contributed by atoms with Crippen LogP contribution in [0.5, 0.6) is 0 Å². The number of fused-ring (bicyclic) bond motifs is 2. The second-order valence-corrected chi connectivity index (χ2v) is 8.53. The van der Waals surface area contributed by atoms with Crippen molar-refractivity contribution in [1.29, 1.82) is 0 Å². The topological polar surface area (TPSA) is 57.8 Å². The molecule has 33 heavy (non-hydrogen) atoms. The maximum Gasteiger partial charge on any atom is 0.251 e. The molecule has 4 nitrogen and oxygen atoms in total. The fourth-order valence-corrected chi connectivity index (χ4v) is 4.81. The number of rotatable bonds is 4. The smallest absolute Gasteiger partial charge is 0.251 e. The molecule has 0 fully saturated rings. The first kappa shape index (κ1) is 19.5. The molecule has 1 atom stereocenters. The Morgan fingerprint density at radius 2 is 1.67 bits per heavy atom. The van der Waals surface area contributed by atoms with Gasteiger partial charge in [0.25, 0.3) is 5.91 Å². The van der Waals surface area contributed by atoms with Crippen molar-refractivity contribution in [3.8, 4) is 22.5 Å². The van der Waals surface area contributed by atoms with Gasteiger partial charge in [-0.15, -0.1) is 0 Å². The summed E-state index contributed by atoms with van der Waals surface area (Å²) in [5.74, 6) is -0.0401. The Bertz CT molecular complexity index is 1460. The molecule has 2 N–H and O–H groups in total. The lowest BCUT2D eigenvalue weighted by molar-refractivity contribution is 0.0936. The Morgan fingerprint density at radius 1 is 0.879 bits per heavy atom. The molecular formula is C29H23N3O. The van der Waals surface area contributed by atoms with Crippen molar-refractivity contribution in [1.82, 2.24) is 15.5 Å². The normalized spacial score (nSPS) is 14.8. The van der Waals surface area contributed by atoms with Crippen LogP contribution < -0.4 is 5.32 Å². The van der Waals surface area contributed by atoms with E-state index in [0.717, 1.165) is 35.4 Å². The Labute approximate surface area is 192 Å². The number of carbonyl (C=O) groups is 1. The molecule has 1 amide bonds. The van der Waals surface area contributed by atoms with Gasteiger partial charge in [0.1, 0.15) is 0 Å². The Morgan fingerprint density at radius 3 is 2.58 bits per heavy atom. The second-order valence-electron chi connectivity index (χ2n) is 8.53. The molecule has 0 unspecified atom stereocenters. The molecule has 0 bridgehead atoms. The van der Waals surface area contributed by atoms with Crippen molar-refractivity contribution < 1.29 is 4.79 Å². The number of amides is 1. The van der Waals surface area contributed by atoms with Crippen molar-refractivity contribution in [3.63, 3.8) is 0 Å². The standard InChI is InChI=1S/C29H23N3O/c33-29(30-26-17-16-20-7-2-4-10-24(20)26)22-14-12-21(13-15-22)27-18-28(32-31-27)25-11-5-8-19-6-1-3-9-23(19)25/h1-15,18,26H,16-17H2,(H,30,33)(H,31,32)/t26-/m1/s1. The van der Waals surface area contributed by atoms with Crippen molar-refractivity contribution in [3.05, 3.63) is 114 Å². The van der Waals surface area contributed by atoms with Gasteiger partial charge in [-0.3, -0.25) is 9.89 Å². The molecule has 4 heteroatoms. The number of H-pyrrole nitrogens is 1. The van der Waals surface area contributed by atoms with E-state index in [4.69, 9.17) is 0 Å². The van der Waals surface area contributed by atoms with E-state index in [1.54, 1.807) is 0 Å². The van der Waals surface area contributed by atoms with E-state index in [2.05, 4.69) is 76.2 Å². The van der Waals surface area contributed by atoms with Gasteiger partial charge in [-0.2, -0.15) is 5.10 Å². The molecule has 1 aliphatic carbocycles. The van der Waals surface area contributed by atoms with E-state index >= 15 is 0 Å². The molecule has 5 aromatic rings. The number of aromatic nitrogens is 2. The van der Waals surface area contributed by atoms with Crippen molar-refractivity contribution in [2.75, 3.05) is 0 Å². The summed E-state index contributed by atoms with van der Waals surface area (Å²) in [6.45, 7) is 0. The minimum absolute atomic E-state index is 0.0401. The zero-order chi connectivity index (χ0) is 22.2. The predicted molar refractivity (Wildman–Crippen MR) is 132 cm³/mol. The summed E-state index contributed by atoms with van der Waals surface area (Å²) in [5.41, 5.74) is 7.16. The zero-order valence-electron chi connectivity index (χ0n) is 18.1. The number of nitrogens with one attached hydrogen (secondary N) is 2. The first-order valence-corrected chi connectivity index (χ1v) is 11.3. The largest absolute Gasteiger partial charge is 0.345 e. The number of hydrogen-bond donors (Lipinski definition) is 2. The van der Waals surface area contributed by atoms with Gasteiger partial charge in [-0.25, -0.2) is 0 Å². The highest BCUT2D eigenvalue weighted by Crippen LogP contribution is 2.32. The zero-order valence-corrected chi connectivity index (χ0v) is 18.1. The maximum atomic E-state index is 12.8. The van der Waals surface area contributed by atoms with E-state index < -0.39 is 0 Å². The molecule has 0 aliphatic heterocycles. The molecule has 0 saturated carbocycles. The molecule has 4 aromatic carbocycles. The molecule has 160 valence electrons. The van der Waals surface area contributed by atoms with Crippen LogP contribution in [0.4, 0.5) is 0 Å². The fraction of sp³-hybridized carbons (Fsp3) is 0.103. The van der Waals surface area contributed by atoms with Crippen molar-refractivity contribution in [2.24, 2.45) is 0 Å². The van der Waals surface area contributed by atoms with E-state index in [1.807, 2.05) is 36.4 Å². The van der Waals surface area contributed by atoms with Crippen LogP contribution in [0.3, 0.4) is 0 Å². The number of hydrogen-bond acceptors (Lipinski definition) is 2. The molecule has 0 spiro atoms. The Balaban J connectivity index is 1.21. The number of benzene rings is 4. The SMILES string of the molecule is O=C(N[C@@H]1CCc2ccccc21)c1ccc(-c2cc(-c3cccc4ccccc34)[nH]n2)cc1. The fourth-order valence-electron chi connectivity index (χ4n) is 4.81. The lowest BCUT2D eigenvalue weighted by Crippen LogP contribution is -2.27. The molecule has 1 aliphatic rings. The third-order valence-corrected chi connectivity index (χ3v) is 6.54. The number of nitrogens with zero attached hydrogens (tertiary/aromatic N) is 1. The monoisotopic (exact) mass is 429 g/mol. The summed E-state index contributed by atoms with van der Waals surface area (Å²) in [6.07, 6.45) is 1.96. The van der Waals surface area contributed by atoms with Crippen LogP contribution in [0.25, 0.3) is 33.3 Å². The highest BCUT2D eigenvalue weighted by atomic mass is 16.1. The van der Waals surface area contributed by atoms with Crippen LogP contribution >= 0.6 is 0 Å². The quantitative estimate of drug-likeness (QED) is 0.351. The molecule has 1 aromatic heterocycles. The number of aryl methyl sites for hydroxylation is 1. The van der Waals surface area contributed by atoms with E-state index in [9.17, 15) is 4.79 Å². The summed E-state index contributed by atoms with van der Waals surface area (Å²) in [6, 6.07) is 32.8. The summed E-state index contributed by atoms with van der Waals surface area (Å²) in [7, 11) is 0. The van der Waals surface area contributed by atoms with Gasteiger partial charge in [0, 0.05) is 16.7 Å². The molecular weight excluding hydrogens is 406 g/mol. The van der Waals surface area contributed by atoms with Crippen LogP contribution in [0, 0.1) is 0 Å². The molecule has 1 heterocycles. The van der Waals surface area contributed by atoms with E-state index in [-0.39, 0.29) is 11.9 Å². The summed E-state index contributed by atoms with van der Waals surface area (Å²) >= 11 is 0. The van der Waals surface area contributed by atoms with Crippen LogP contribution in [-0.2, 0) is 6.42 Å².